The van der Waals surface area contributed by atoms with Gasteiger partial charge in [0.1, 0.15) is 0 Å². The van der Waals surface area contributed by atoms with Gasteiger partial charge in [0.2, 0.25) is 0 Å². The summed E-state index contributed by atoms with van der Waals surface area (Å²) in [5.74, 6) is 0.896. The summed E-state index contributed by atoms with van der Waals surface area (Å²) in [7, 11) is 0. The van der Waals surface area contributed by atoms with Gasteiger partial charge in [-0.05, 0) is 103 Å². The number of carboxylic acids is 1. The second kappa shape index (κ2) is 6.84. The van der Waals surface area contributed by atoms with E-state index in [-0.39, 0.29) is 33.0 Å². The van der Waals surface area contributed by atoms with Crippen molar-refractivity contribution in [1.29, 1.82) is 0 Å². The van der Waals surface area contributed by atoms with Gasteiger partial charge in [-0.1, -0.05) is 60.1 Å². The first-order valence-electron chi connectivity index (χ1n) is 14.2. The summed E-state index contributed by atoms with van der Waals surface area (Å²) in [5, 5.41) is 18.4. The lowest BCUT2D eigenvalue weighted by atomic mass is 9.33. The lowest BCUT2D eigenvalue weighted by molar-refractivity contribution is -0.177. The third kappa shape index (κ3) is 2.75. The minimum Gasteiger partial charge on any atom is -0.481 e. The Hall–Kier alpha value is -1.58. The van der Waals surface area contributed by atoms with Crippen molar-refractivity contribution in [2.75, 3.05) is 0 Å². The van der Waals surface area contributed by atoms with E-state index in [2.05, 4.69) is 70.9 Å². The highest BCUT2D eigenvalue weighted by Gasteiger charge is 2.69. The summed E-state index contributed by atoms with van der Waals surface area (Å²) in [6.45, 7) is 17.3. The number of H-pyrrole nitrogens is 1. The monoisotopic (exact) mass is 478 g/mol. The Kier molecular flexibility index (Phi) is 4.65. The van der Waals surface area contributed by atoms with Crippen LogP contribution in [0.15, 0.2) is 17.8 Å². The van der Waals surface area contributed by atoms with Crippen LogP contribution in [-0.2, 0) is 16.6 Å². The molecule has 0 aromatic carbocycles. The van der Waals surface area contributed by atoms with Gasteiger partial charge in [-0.15, -0.1) is 0 Å². The molecule has 0 unspecified atom stereocenters. The van der Waals surface area contributed by atoms with Crippen LogP contribution in [0.25, 0.3) is 0 Å². The maximum Gasteiger partial charge on any atom is 0.310 e. The van der Waals surface area contributed by atoms with E-state index in [0.29, 0.717) is 11.8 Å². The molecule has 0 spiro atoms. The molecule has 0 bridgehead atoms. The zero-order valence-electron chi connectivity index (χ0n) is 23.1. The van der Waals surface area contributed by atoms with E-state index in [1.54, 1.807) is 0 Å². The minimum absolute atomic E-state index is 0.0851. The molecule has 5 aliphatic carbocycles. The van der Waals surface area contributed by atoms with Gasteiger partial charge in [0.05, 0.1) is 11.6 Å². The molecular formula is C31H46N2O2. The first kappa shape index (κ1) is 23.8. The molecular weight excluding hydrogens is 432 g/mol. The van der Waals surface area contributed by atoms with Crippen LogP contribution in [0.2, 0.25) is 0 Å². The molecule has 0 aliphatic heterocycles. The summed E-state index contributed by atoms with van der Waals surface area (Å²) in [6, 6.07) is 0. The van der Waals surface area contributed by atoms with Crippen molar-refractivity contribution in [2.45, 2.75) is 112 Å². The number of hydrogen-bond donors (Lipinski definition) is 2. The number of carboxylic acid groups (broad SMARTS) is 1. The third-order valence-electron chi connectivity index (χ3n) is 13.1. The SMILES string of the molecule is CC1(C)CC[C@]2(C(=O)O)CC[C@]3(C)C(=CC[C@H]4[C@@]5(C)Cc6cn[nH]c6C(C)(C)[C@@H]5CC[C@]43C)[C@@H]2C1. The lowest BCUT2D eigenvalue weighted by Crippen LogP contribution is -2.64. The van der Waals surface area contributed by atoms with Gasteiger partial charge in [-0.25, -0.2) is 0 Å². The molecule has 4 heteroatoms. The van der Waals surface area contributed by atoms with E-state index < -0.39 is 11.4 Å². The Bertz CT molecular complexity index is 1110. The first-order valence-corrected chi connectivity index (χ1v) is 14.2. The predicted molar refractivity (Wildman–Crippen MR) is 139 cm³/mol. The lowest BCUT2D eigenvalue weighted by Gasteiger charge is -2.70. The van der Waals surface area contributed by atoms with E-state index in [9.17, 15) is 9.90 Å². The van der Waals surface area contributed by atoms with Crippen LogP contribution >= 0.6 is 0 Å². The van der Waals surface area contributed by atoms with Gasteiger partial charge in [-0.2, -0.15) is 5.10 Å². The van der Waals surface area contributed by atoms with Crippen LogP contribution < -0.4 is 0 Å². The van der Waals surface area contributed by atoms with E-state index in [1.807, 2.05) is 0 Å². The maximum atomic E-state index is 12.8. The normalized spacial score (nSPS) is 47.3. The standard InChI is InChI=1S/C31H46N2O2/c1-26(2)12-14-31(25(34)35)15-13-29(6)20(21(31)17-26)8-9-23-28(5)16-19-18-32-33-24(19)27(3,4)22(28)10-11-30(23,29)7/h8,18,21-23H,9-17H2,1-7H3,(H,32,33)(H,34,35)/t21-,22-,23-,28-,29+,30+,31-/m0/s1. The summed E-state index contributed by atoms with van der Waals surface area (Å²) < 4.78 is 0. The zero-order valence-corrected chi connectivity index (χ0v) is 23.1. The Labute approximate surface area is 211 Å². The third-order valence-corrected chi connectivity index (χ3v) is 13.1. The zero-order chi connectivity index (χ0) is 25.2. The first-order chi connectivity index (χ1) is 16.2. The van der Waals surface area contributed by atoms with Crippen LogP contribution in [-0.4, -0.2) is 21.3 Å². The van der Waals surface area contributed by atoms with E-state index in [4.69, 9.17) is 0 Å². The van der Waals surface area contributed by atoms with Gasteiger partial charge in [-0.3, -0.25) is 9.89 Å². The molecule has 6 rings (SSSR count). The number of nitrogens with one attached hydrogen (secondary N) is 1. The van der Waals surface area contributed by atoms with Crippen molar-refractivity contribution in [3.8, 4) is 0 Å². The number of aliphatic carboxylic acids is 1. The number of rotatable bonds is 1. The fourth-order valence-corrected chi connectivity index (χ4v) is 11.0. The molecule has 3 saturated carbocycles. The van der Waals surface area contributed by atoms with Crippen LogP contribution in [0.4, 0.5) is 0 Å². The number of carbonyl (C=O) groups is 1. The Morgan fingerprint density at radius 3 is 2.43 bits per heavy atom. The summed E-state index contributed by atoms with van der Waals surface area (Å²) in [6.07, 6.45) is 14.1. The molecule has 1 aromatic rings. The molecule has 2 N–H and O–H groups in total. The van der Waals surface area contributed by atoms with Gasteiger partial charge in [0.15, 0.2) is 0 Å². The van der Waals surface area contributed by atoms with Crippen LogP contribution in [0.5, 0.6) is 0 Å². The highest BCUT2D eigenvalue weighted by atomic mass is 16.4. The number of aromatic nitrogens is 2. The van der Waals surface area contributed by atoms with Crippen molar-refractivity contribution in [3.05, 3.63) is 29.1 Å². The van der Waals surface area contributed by atoms with E-state index in [0.717, 1.165) is 44.9 Å². The highest BCUT2D eigenvalue weighted by Crippen LogP contribution is 2.75. The quantitative estimate of drug-likeness (QED) is 0.416. The number of hydrogen-bond acceptors (Lipinski definition) is 2. The van der Waals surface area contributed by atoms with Gasteiger partial charge in [0, 0.05) is 11.1 Å². The fraction of sp³-hybridized carbons (Fsp3) is 0.806. The van der Waals surface area contributed by atoms with Crippen molar-refractivity contribution in [2.24, 2.45) is 44.8 Å². The molecule has 0 radical (unpaired) electrons. The van der Waals surface area contributed by atoms with Crippen LogP contribution in [0, 0.1) is 44.8 Å². The molecule has 0 saturated heterocycles. The average molecular weight is 479 g/mol. The topological polar surface area (TPSA) is 66.0 Å². The highest BCUT2D eigenvalue weighted by molar-refractivity contribution is 5.76. The fourth-order valence-electron chi connectivity index (χ4n) is 11.0. The average Bonchev–Trinajstić information content (AvgIpc) is 3.22. The predicted octanol–water partition coefficient (Wildman–Crippen LogP) is 7.31. The molecule has 7 atom stereocenters. The van der Waals surface area contributed by atoms with Crippen molar-refractivity contribution in [1.82, 2.24) is 10.2 Å². The Morgan fingerprint density at radius 1 is 1.00 bits per heavy atom. The van der Waals surface area contributed by atoms with E-state index in [1.165, 1.54) is 29.7 Å². The van der Waals surface area contributed by atoms with Crippen molar-refractivity contribution in [3.63, 3.8) is 0 Å². The molecule has 1 aromatic heterocycles. The van der Waals surface area contributed by atoms with Crippen LogP contribution in [0.3, 0.4) is 0 Å². The largest absolute Gasteiger partial charge is 0.481 e. The van der Waals surface area contributed by atoms with Gasteiger partial charge < -0.3 is 5.11 Å². The summed E-state index contributed by atoms with van der Waals surface area (Å²) in [4.78, 5) is 12.8. The minimum atomic E-state index is -0.552. The molecule has 0 amide bonds. The van der Waals surface area contributed by atoms with Crippen molar-refractivity contribution < 1.29 is 9.90 Å². The van der Waals surface area contributed by atoms with Crippen LogP contribution in [0.1, 0.15) is 111 Å². The number of fused-ring (bicyclic) bond motifs is 8. The number of nitrogens with zero attached hydrogens (tertiary/aromatic N) is 1. The second-order valence-corrected chi connectivity index (χ2v) is 15.3. The number of aromatic amines is 1. The molecule has 35 heavy (non-hydrogen) atoms. The molecule has 192 valence electrons. The molecule has 3 fully saturated rings. The van der Waals surface area contributed by atoms with E-state index >= 15 is 0 Å². The molecule has 5 aliphatic rings. The second-order valence-electron chi connectivity index (χ2n) is 15.3. The number of allylic oxidation sites excluding steroid dienone is 2. The summed E-state index contributed by atoms with van der Waals surface area (Å²) in [5.41, 5.74) is 4.58. The smallest absolute Gasteiger partial charge is 0.310 e. The van der Waals surface area contributed by atoms with Gasteiger partial charge >= 0.3 is 5.97 Å². The van der Waals surface area contributed by atoms with Gasteiger partial charge in [0.25, 0.3) is 0 Å². The Morgan fingerprint density at radius 2 is 1.71 bits per heavy atom. The van der Waals surface area contributed by atoms with Crippen molar-refractivity contribution >= 4 is 5.97 Å². The summed E-state index contributed by atoms with van der Waals surface area (Å²) >= 11 is 0. The maximum absolute atomic E-state index is 12.8. The molecule has 1 heterocycles. The molecule has 4 nitrogen and oxygen atoms in total. The Balaban J connectivity index is 1.47.